The lowest BCUT2D eigenvalue weighted by Gasteiger charge is -2.52. The number of nitrogens with zero attached hydrogens (tertiary/aromatic N) is 1. The topological polar surface area (TPSA) is 264 Å². The second-order valence-electron chi connectivity index (χ2n) is 5.61. The molecule has 3 aliphatic rings. The Morgan fingerprint density at radius 1 is 1.30 bits per heavy atom. The largest absolute Gasteiger partial charge is 0.472 e. The number of hydrogen-bond acceptors (Lipinski definition) is 11. The summed E-state index contributed by atoms with van der Waals surface area (Å²) in [5.41, 5.74) is 4.75. The van der Waals surface area contributed by atoms with E-state index in [0.717, 1.165) is 0 Å². The van der Waals surface area contributed by atoms with Gasteiger partial charge in [0.25, 0.3) is 5.56 Å². The molecule has 0 aliphatic carbocycles. The smallest absolute Gasteiger partial charge is 0.412 e. The molecule has 2 fully saturated rings. The number of fused-ring (bicyclic) bond motifs is 3. The van der Waals surface area contributed by atoms with Crippen LogP contribution in [0.5, 0.6) is 0 Å². The number of rotatable bonds is 0. The van der Waals surface area contributed by atoms with E-state index in [1.807, 2.05) is 0 Å². The maximum atomic E-state index is 11.9. The number of nitrogens with one attached hydrogen (secondary N) is 3. The molecular weight excluding hydrogens is 461 g/mol. The predicted molar refractivity (Wildman–Crippen MR) is 94.3 cm³/mol. The van der Waals surface area contributed by atoms with E-state index in [0.29, 0.717) is 0 Å². The summed E-state index contributed by atoms with van der Waals surface area (Å²) in [5, 5.41) is 26.3. The maximum Gasteiger partial charge on any atom is 0.472 e. The van der Waals surface area contributed by atoms with Crippen molar-refractivity contribution in [3.8, 4) is 0 Å². The second kappa shape index (κ2) is 7.59. The normalized spacial score (nSPS) is 35.2. The molecule has 2 saturated heterocycles. The zero-order valence-electron chi connectivity index (χ0n) is 13.3. The third-order valence-electron chi connectivity index (χ3n) is 4.00. The number of aliphatic hydroxyl groups is 2. The molecule has 0 bridgehead atoms. The first kappa shape index (κ1) is 23.7. The molecule has 0 saturated carbocycles. The lowest BCUT2D eigenvalue weighted by molar-refractivity contribution is -0.312. The summed E-state index contributed by atoms with van der Waals surface area (Å²) in [7, 11) is -4.43. The van der Waals surface area contributed by atoms with Gasteiger partial charge in [0.05, 0.1) is 6.61 Å². The maximum absolute atomic E-state index is 11.9. The monoisotopic (exact) mass is 479 g/mol. The molecule has 0 aromatic carbocycles. The molecule has 1 aromatic rings. The Morgan fingerprint density at radius 3 is 2.63 bits per heavy atom. The fourth-order valence-electron chi connectivity index (χ4n) is 2.94. The van der Waals surface area contributed by atoms with Gasteiger partial charge in [0, 0.05) is 0 Å². The summed E-state index contributed by atoms with van der Waals surface area (Å²) in [4.78, 5) is 27.5. The summed E-state index contributed by atoms with van der Waals surface area (Å²) >= 11 is 0. The number of aromatic amines is 1. The van der Waals surface area contributed by atoms with Crippen molar-refractivity contribution in [2.45, 2.75) is 30.3 Å². The Kier molecular flexibility index (Phi) is 6.67. The average Bonchev–Trinajstić information content (AvgIpc) is 2.47. The highest BCUT2D eigenvalue weighted by atomic mass is 79.9. The highest BCUT2D eigenvalue weighted by Crippen LogP contribution is 2.52. The van der Waals surface area contributed by atoms with Gasteiger partial charge in [-0.15, -0.1) is 17.0 Å². The van der Waals surface area contributed by atoms with Gasteiger partial charge in [-0.3, -0.25) is 18.8 Å². The number of phosphoric ester groups is 1. The van der Waals surface area contributed by atoms with E-state index in [9.17, 15) is 24.5 Å². The summed E-state index contributed by atoms with van der Waals surface area (Å²) in [5.74, 6) is -2.71. The summed E-state index contributed by atoms with van der Waals surface area (Å²) in [6.07, 6.45) is -3.64. The summed E-state index contributed by atoms with van der Waals surface area (Å²) < 4.78 is 26.5. The molecule has 5 atom stereocenters. The number of nitrogen functional groups attached to an aromatic ring is 1. The number of H-pyrrole nitrogens is 1. The quantitative estimate of drug-likeness (QED) is 0.140. The van der Waals surface area contributed by atoms with Gasteiger partial charge in [0.15, 0.2) is 18.1 Å². The molecule has 4 rings (SSSR count). The molecule has 3 aliphatic heterocycles. The van der Waals surface area contributed by atoms with Crippen LogP contribution < -0.4 is 21.9 Å². The van der Waals surface area contributed by atoms with Crippen LogP contribution in [0.1, 0.15) is 0 Å². The predicted octanol–water partition coefficient (Wildman–Crippen LogP) is -3.59. The zero-order chi connectivity index (χ0) is 17.3. The number of aromatic nitrogens is 2. The summed E-state index contributed by atoms with van der Waals surface area (Å²) in [6.45, 7) is -0.385. The molecule has 4 heterocycles. The minimum absolute atomic E-state index is 0. The van der Waals surface area contributed by atoms with Crippen LogP contribution in [0, 0.1) is 0 Å². The molecule has 12 N–H and O–H groups in total. The number of ether oxygens (including phenoxy) is 1. The van der Waals surface area contributed by atoms with Crippen molar-refractivity contribution < 1.29 is 44.4 Å². The van der Waals surface area contributed by atoms with E-state index in [1.54, 1.807) is 0 Å². The molecule has 15 nitrogen and oxygen atoms in total. The second-order valence-corrected chi connectivity index (χ2v) is 7.02. The Labute approximate surface area is 160 Å². The third-order valence-corrected chi connectivity index (χ3v) is 4.97. The van der Waals surface area contributed by atoms with Crippen LogP contribution in [0.15, 0.2) is 4.79 Å². The van der Waals surface area contributed by atoms with Gasteiger partial charge in [-0.1, -0.05) is 0 Å². The highest BCUT2D eigenvalue weighted by molar-refractivity contribution is 8.93. The third kappa shape index (κ3) is 3.81. The van der Waals surface area contributed by atoms with E-state index < -0.39 is 43.6 Å². The van der Waals surface area contributed by atoms with Crippen molar-refractivity contribution in [2.24, 2.45) is 0 Å². The lowest BCUT2D eigenvalue weighted by Crippen LogP contribution is -2.73. The number of halogens is 1. The fourth-order valence-corrected chi connectivity index (χ4v) is 3.92. The van der Waals surface area contributed by atoms with E-state index in [1.165, 1.54) is 0 Å². The average molecular weight is 480 g/mol. The first-order valence-electron chi connectivity index (χ1n) is 6.86. The Morgan fingerprint density at radius 2 is 1.96 bits per heavy atom. The van der Waals surface area contributed by atoms with Crippen LogP contribution in [-0.4, -0.2) is 72.9 Å². The van der Waals surface area contributed by atoms with Gasteiger partial charge in [-0.2, -0.15) is 4.98 Å². The van der Waals surface area contributed by atoms with Crippen LogP contribution in [0.4, 0.5) is 17.5 Å². The molecule has 27 heavy (non-hydrogen) atoms. The minimum atomic E-state index is -4.43. The van der Waals surface area contributed by atoms with E-state index >= 15 is 0 Å². The molecular formula is C10H19BrN5O10P. The minimum Gasteiger partial charge on any atom is -0.412 e. The van der Waals surface area contributed by atoms with E-state index in [4.69, 9.17) is 15.0 Å². The van der Waals surface area contributed by atoms with Gasteiger partial charge in [-0.25, -0.2) is 4.57 Å². The zero-order valence-corrected chi connectivity index (χ0v) is 15.9. The van der Waals surface area contributed by atoms with Gasteiger partial charge in [0.1, 0.15) is 17.8 Å². The van der Waals surface area contributed by atoms with Crippen LogP contribution >= 0.6 is 24.8 Å². The molecule has 1 unspecified atom stereocenters. The van der Waals surface area contributed by atoms with Crippen molar-refractivity contribution in [1.82, 2.24) is 9.97 Å². The summed E-state index contributed by atoms with van der Waals surface area (Å²) in [6, 6.07) is -1.30. The van der Waals surface area contributed by atoms with Crippen molar-refractivity contribution in [3.63, 3.8) is 0 Å². The first-order chi connectivity index (χ1) is 11.2. The van der Waals surface area contributed by atoms with Crippen LogP contribution in [0.3, 0.4) is 0 Å². The molecule has 0 radical (unpaired) electrons. The van der Waals surface area contributed by atoms with Gasteiger partial charge in [-0.05, 0) is 0 Å². The fraction of sp³-hybridized carbons (Fsp3) is 0.600. The van der Waals surface area contributed by atoms with Gasteiger partial charge >= 0.3 is 7.82 Å². The Hall–Kier alpha value is -1.33. The standard InChI is InChI=1S/C10H14N5O8P.BrH.2H2O/c11-9-14-6-3(7(16)15-9)12-4-8(13-6)22-2-1-21-24(19,20)23-5(2)10(4,17)18;;;/h2,4-5,8,12,17-18H,1H2,(H,19,20)(H4,11,13,14,15,16);1H;2*1H2/t2-,4-,5+,8-;;;/m1.../s1. The van der Waals surface area contributed by atoms with Crippen molar-refractivity contribution in [1.29, 1.82) is 0 Å². The molecule has 156 valence electrons. The number of nitrogens with two attached hydrogens (primary N) is 1. The van der Waals surface area contributed by atoms with Crippen molar-refractivity contribution in [3.05, 3.63) is 10.4 Å². The Balaban J connectivity index is 0.00000121. The molecule has 0 spiro atoms. The van der Waals surface area contributed by atoms with Gasteiger partial charge in [0.2, 0.25) is 11.7 Å². The lowest BCUT2D eigenvalue weighted by atomic mass is 9.91. The van der Waals surface area contributed by atoms with E-state index in [2.05, 4.69) is 25.1 Å². The van der Waals surface area contributed by atoms with Crippen molar-refractivity contribution >= 4 is 42.3 Å². The molecule has 17 heteroatoms. The van der Waals surface area contributed by atoms with E-state index in [-0.39, 0.29) is 52.0 Å². The van der Waals surface area contributed by atoms with Gasteiger partial charge < -0.3 is 47.2 Å². The molecule has 1 aromatic heterocycles. The van der Waals surface area contributed by atoms with Crippen LogP contribution in [0.2, 0.25) is 0 Å². The Bertz CT molecular complexity index is 807. The molecule has 0 amide bonds. The first-order valence-corrected chi connectivity index (χ1v) is 8.36. The SMILES string of the molecule is Br.Nc1nc2c(c(=O)[nH]1)N[C@@H]1[C@H](N2)O[C@@H]2COP(=O)(O)O[C@@H]2C1(O)O.O.O. The van der Waals surface area contributed by atoms with Crippen molar-refractivity contribution in [2.75, 3.05) is 23.0 Å². The van der Waals surface area contributed by atoms with Crippen LogP contribution in [0.25, 0.3) is 0 Å². The highest BCUT2D eigenvalue weighted by Gasteiger charge is 2.61. The number of anilines is 3. The number of hydrogen-bond donors (Lipinski definition) is 7. The van der Waals surface area contributed by atoms with Crippen LogP contribution in [-0.2, 0) is 18.3 Å². The number of phosphoric acid groups is 1.